The normalized spacial score (nSPS) is 11.5. The van der Waals surface area contributed by atoms with Crippen molar-refractivity contribution in [2.24, 2.45) is 5.73 Å². The van der Waals surface area contributed by atoms with Crippen molar-refractivity contribution in [2.75, 3.05) is 26.5 Å². The fourth-order valence-electron chi connectivity index (χ4n) is 3.28. The molecule has 0 aliphatic heterocycles. The first-order valence-corrected chi connectivity index (χ1v) is 11.4. The van der Waals surface area contributed by atoms with Crippen molar-refractivity contribution in [1.82, 2.24) is 9.78 Å². The van der Waals surface area contributed by atoms with E-state index in [-0.39, 0.29) is 5.56 Å². The average molecular weight is 454 g/mol. The number of nitrogens with two attached hydrogens (primary N) is 1. The first-order valence-electron chi connectivity index (χ1n) is 11.4. The van der Waals surface area contributed by atoms with Crippen molar-refractivity contribution >= 4 is 5.82 Å². The number of nitrogens with zero attached hydrogens (tertiary/aromatic N) is 3. The molecule has 3 N–H and O–H groups in total. The topological polar surface area (TPSA) is 88.9 Å². The molecule has 1 aliphatic rings. The maximum atomic E-state index is 14.0. The molecule has 0 bridgehead atoms. The summed E-state index contributed by atoms with van der Waals surface area (Å²) in [4.78, 5) is 0. The van der Waals surface area contributed by atoms with Crippen molar-refractivity contribution in [3.05, 3.63) is 59.9 Å². The second-order valence-corrected chi connectivity index (χ2v) is 6.85. The van der Waals surface area contributed by atoms with E-state index in [4.69, 9.17) is 10.00 Å². The molecule has 0 unspecified atom stereocenters. The van der Waals surface area contributed by atoms with Crippen LogP contribution in [0.4, 0.5) is 10.2 Å². The summed E-state index contributed by atoms with van der Waals surface area (Å²) < 4.78 is 20.9. The number of hydrogen-bond acceptors (Lipinski definition) is 5. The SMILES string of the molecule is C1CCCC1.CC.CN.CNc1cc(-c2ccc(C#N)c(F)c2)n(-c2ccc(OC)cc2)n1. The van der Waals surface area contributed by atoms with Crippen molar-refractivity contribution < 1.29 is 9.13 Å². The highest BCUT2D eigenvalue weighted by Gasteiger charge is 2.13. The van der Waals surface area contributed by atoms with E-state index >= 15 is 0 Å². The van der Waals surface area contributed by atoms with Crippen LogP contribution in [0.5, 0.6) is 5.75 Å². The summed E-state index contributed by atoms with van der Waals surface area (Å²) in [6, 6.07) is 15.6. The minimum Gasteiger partial charge on any atom is -0.497 e. The predicted molar refractivity (Wildman–Crippen MR) is 134 cm³/mol. The van der Waals surface area contributed by atoms with Crippen LogP contribution >= 0.6 is 0 Å². The summed E-state index contributed by atoms with van der Waals surface area (Å²) in [5.74, 6) is 0.847. The molecule has 1 fully saturated rings. The fraction of sp³-hybridized carbons (Fsp3) is 0.385. The van der Waals surface area contributed by atoms with Crippen LogP contribution in [0.3, 0.4) is 0 Å². The molecule has 0 spiro atoms. The van der Waals surface area contributed by atoms with Crippen LogP contribution in [0.2, 0.25) is 0 Å². The van der Waals surface area contributed by atoms with Gasteiger partial charge in [-0.2, -0.15) is 5.26 Å². The predicted octanol–water partition coefficient (Wildman–Crippen LogP) is 6.15. The second-order valence-electron chi connectivity index (χ2n) is 6.85. The summed E-state index contributed by atoms with van der Waals surface area (Å²) in [7, 11) is 4.87. The first kappa shape index (κ1) is 27.7. The molecule has 0 amide bonds. The van der Waals surface area contributed by atoms with E-state index in [0.29, 0.717) is 17.1 Å². The number of aromatic nitrogens is 2. The van der Waals surface area contributed by atoms with Crippen LogP contribution in [0.15, 0.2) is 48.5 Å². The number of rotatable bonds is 4. The number of nitrogens with one attached hydrogen (secondary N) is 1. The molecule has 1 aliphatic carbocycles. The van der Waals surface area contributed by atoms with Gasteiger partial charge >= 0.3 is 0 Å². The number of hydrogen-bond donors (Lipinski definition) is 2. The highest BCUT2D eigenvalue weighted by molar-refractivity contribution is 5.67. The molecule has 0 saturated heterocycles. The maximum absolute atomic E-state index is 14.0. The quantitative estimate of drug-likeness (QED) is 0.494. The third kappa shape index (κ3) is 7.92. The third-order valence-electron chi connectivity index (χ3n) is 4.92. The lowest BCUT2D eigenvalue weighted by molar-refractivity contribution is 0.414. The Bertz CT molecular complexity index is 981. The van der Waals surface area contributed by atoms with Gasteiger partial charge in [-0.1, -0.05) is 52.0 Å². The standard InChI is InChI=1S/C18H15FN4O.C5H10.C2H6.CH5N/c1-21-18-10-17(12-3-4-13(11-20)16(19)9-12)23(22-18)14-5-7-15(24-2)8-6-14;1-2-4-5-3-1;2*1-2/h3-10H,1-2H3,(H,21,22);1-5H2;1-2H3;2H2,1H3. The van der Waals surface area contributed by atoms with Gasteiger partial charge in [-0.05, 0) is 43.4 Å². The van der Waals surface area contributed by atoms with Crippen LogP contribution in [0.1, 0.15) is 51.5 Å². The molecule has 4 rings (SSSR count). The Hall–Kier alpha value is -3.37. The number of halogens is 1. The summed E-state index contributed by atoms with van der Waals surface area (Å²) in [6.07, 6.45) is 7.50. The maximum Gasteiger partial charge on any atom is 0.148 e. The zero-order chi connectivity index (χ0) is 24.6. The van der Waals surface area contributed by atoms with Gasteiger partial charge in [0, 0.05) is 18.7 Å². The molecule has 178 valence electrons. The van der Waals surface area contributed by atoms with Crippen LogP contribution in [-0.4, -0.2) is 31.0 Å². The van der Waals surface area contributed by atoms with Crippen LogP contribution < -0.4 is 15.8 Å². The van der Waals surface area contributed by atoms with E-state index in [0.717, 1.165) is 11.4 Å². The molecule has 33 heavy (non-hydrogen) atoms. The summed E-state index contributed by atoms with van der Waals surface area (Å²) in [6.45, 7) is 4.00. The van der Waals surface area contributed by atoms with E-state index in [1.807, 2.05) is 50.2 Å². The van der Waals surface area contributed by atoms with Gasteiger partial charge in [0.1, 0.15) is 23.5 Å². The lowest BCUT2D eigenvalue weighted by Crippen LogP contribution is -2.00. The highest BCUT2D eigenvalue weighted by atomic mass is 19.1. The molecular formula is C26H36FN5O. The molecule has 3 aromatic rings. The largest absolute Gasteiger partial charge is 0.497 e. The van der Waals surface area contributed by atoms with Gasteiger partial charge in [0.2, 0.25) is 0 Å². The molecule has 2 aromatic carbocycles. The Kier molecular flexibility index (Phi) is 12.9. The first-order chi connectivity index (χ1) is 16.2. The van der Waals surface area contributed by atoms with E-state index in [1.54, 1.807) is 24.9 Å². The molecule has 1 heterocycles. The molecule has 7 heteroatoms. The van der Waals surface area contributed by atoms with E-state index in [9.17, 15) is 4.39 Å². The van der Waals surface area contributed by atoms with Crippen molar-refractivity contribution in [3.8, 4) is 28.8 Å². The van der Waals surface area contributed by atoms with Gasteiger partial charge in [0.05, 0.1) is 24.1 Å². The minimum atomic E-state index is -0.552. The molecule has 6 nitrogen and oxygen atoms in total. The summed E-state index contributed by atoms with van der Waals surface area (Å²) in [5.41, 5.74) is 6.68. The van der Waals surface area contributed by atoms with E-state index in [2.05, 4.69) is 16.1 Å². The molecular weight excluding hydrogens is 417 g/mol. The van der Waals surface area contributed by atoms with Crippen molar-refractivity contribution in [1.29, 1.82) is 5.26 Å². The molecule has 1 aromatic heterocycles. The number of ether oxygens (including phenoxy) is 1. The van der Waals surface area contributed by atoms with Gasteiger partial charge in [0.25, 0.3) is 0 Å². The summed E-state index contributed by atoms with van der Waals surface area (Å²) >= 11 is 0. The Labute approximate surface area is 197 Å². The van der Waals surface area contributed by atoms with Gasteiger partial charge in [-0.25, -0.2) is 9.07 Å². The van der Waals surface area contributed by atoms with Crippen LogP contribution in [-0.2, 0) is 0 Å². The zero-order valence-corrected chi connectivity index (χ0v) is 20.4. The van der Waals surface area contributed by atoms with Crippen LogP contribution in [0, 0.1) is 17.1 Å². The van der Waals surface area contributed by atoms with E-state index < -0.39 is 5.82 Å². The average Bonchev–Trinajstić information content (AvgIpc) is 3.60. The highest BCUT2D eigenvalue weighted by Crippen LogP contribution is 2.28. The molecule has 1 saturated carbocycles. The Balaban J connectivity index is 0.000000517. The minimum absolute atomic E-state index is 0.0168. The van der Waals surface area contributed by atoms with Crippen molar-refractivity contribution in [2.45, 2.75) is 46.0 Å². The van der Waals surface area contributed by atoms with Crippen molar-refractivity contribution in [3.63, 3.8) is 0 Å². The number of methoxy groups -OCH3 is 1. The van der Waals surface area contributed by atoms with Gasteiger partial charge in [-0.15, -0.1) is 5.10 Å². The Morgan fingerprint density at radius 3 is 2.03 bits per heavy atom. The Morgan fingerprint density at radius 2 is 1.58 bits per heavy atom. The fourth-order valence-corrected chi connectivity index (χ4v) is 3.28. The number of benzene rings is 2. The number of nitriles is 1. The van der Waals surface area contributed by atoms with Crippen LogP contribution in [0.25, 0.3) is 16.9 Å². The third-order valence-corrected chi connectivity index (χ3v) is 4.92. The van der Waals surface area contributed by atoms with Gasteiger partial charge in [-0.3, -0.25) is 0 Å². The van der Waals surface area contributed by atoms with Gasteiger partial charge < -0.3 is 15.8 Å². The second kappa shape index (κ2) is 15.4. The zero-order valence-electron chi connectivity index (χ0n) is 20.4. The lowest BCUT2D eigenvalue weighted by Gasteiger charge is -2.09. The summed E-state index contributed by atoms with van der Waals surface area (Å²) in [5, 5.41) is 16.3. The number of anilines is 1. The lowest BCUT2D eigenvalue weighted by atomic mass is 10.1. The monoisotopic (exact) mass is 453 g/mol. The smallest absolute Gasteiger partial charge is 0.148 e. The molecule has 0 radical (unpaired) electrons. The molecule has 0 atom stereocenters. The Morgan fingerprint density at radius 1 is 1.00 bits per heavy atom. The van der Waals surface area contributed by atoms with E-state index in [1.165, 1.54) is 51.3 Å². The van der Waals surface area contributed by atoms with Gasteiger partial charge in [0.15, 0.2) is 0 Å².